The molecule has 2 aromatic rings. The molecule has 2 saturated heterocycles. The van der Waals surface area contributed by atoms with Gasteiger partial charge in [-0.2, -0.15) is 5.10 Å². The van der Waals surface area contributed by atoms with Crippen molar-refractivity contribution in [1.29, 1.82) is 0 Å². The predicted molar refractivity (Wildman–Crippen MR) is 116 cm³/mol. The number of aromatic nitrogens is 2. The lowest BCUT2D eigenvalue weighted by Crippen LogP contribution is -2.51. The Labute approximate surface area is 183 Å². The molecule has 1 aromatic heterocycles. The van der Waals surface area contributed by atoms with Gasteiger partial charge < -0.3 is 15.0 Å². The Kier molecular flexibility index (Phi) is 6.86. The van der Waals surface area contributed by atoms with E-state index in [0.29, 0.717) is 19.4 Å². The number of nitrogens with zero attached hydrogens (tertiary/aromatic N) is 4. The lowest BCUT2D eigenvalue weighted by atomic mass is 10.0. The molecule has 0 bridgehead atoms. The first-order valence-electron chi connectivity index (χ1n) is 11.1. The van der Waals surface area contributed by atoms with Crippen LogP contribution >= 0.6 is 0 Å². The normalized spacial score (nSPS) is 22.4. The zero-order valence-corrected chi connectivity index (χ0v) is 18.0. The molecule has 166 valence electrons. The molecule has 31 heavy (non-hydrogen) atoms. The number of ether oxygens (including phenoxy) is 1. The van der Waals surface area contributed by atoms with Gasteiger partial charge in [-0.1, -0.05) is 18.2 Å². The van der Waals surface area contributed by atoms with E-state index in [0.717, 1.165) is 38.2 Å². The highest BCUT2D eigenvalue weighted by atomic mass is 16.5. The third-order valence-corrected chi connectivity index (χ3v) is 6.30. The van der Waals surface area contributed by atoms with Crippen molar-refractivity contribution >= 4 is 11.8 Å². The zero-order chi connectivity index (χ0) is 21.6. The summed E-state index contributed by atoms with van der Waals surface area (Å²) in [5, 5.41) is 6.97. The highest BCUT2D eigenvalue weighted by molar-refractivity contribution is 5.82. The maximum atomic E-state index is 12.6. The Hall–Kier alpha value is -2.87. The summed E-state index contributed by atoms with van der Waals surface area (Å²) in [6, 6.07) is 11.7. The molecule has 0 spiro atoms. The van der Waals surface area contributed by atoms with Crippen molar-refractivity contribution in [2.45, 2.75) is 50.4 Å². The molecule has 1 N–H and O–H groups in total. The predicted octanol–water partition coefficient (Wildman–Crippen LogP) is 1.53. The van der Waals surface area contributed by atoms with E-state index >= 15 is 0 Å². The van der Waals surface area contributed by atoms with Crippen LogP contribution in [0, 0.1) is 0 Å². The summed E-state index contributed by atoms with van der Waals surface area (Å²) in [5.74, 6) is 1.04. The van der Waals surface area contributed by atoms with Gasteiger partial charge in [-0.3, -0.25) is 19.2 Å². The smallest absolute Gasteiger partial charge is 0.237 e. The van der Waals surface area contributed by atoms with Crippen molar-refractivity contribution in [3.63, 3.8) is 0 Å². The lowest BCUT2D eigenvalue weighted by Gasteiger charge is -2.38. The van der Waals surface area contributed by atoms with Gasteiger partial charge in [0.05, 0.1) is 6.04 Å². The molecule has 0 unspecified atom stereocenters. The molecule has 0 radical (unpaired) electrons. The Balaban J connectivity index is 1.32. The van der Waals surface area contributed by atoms with Gasteiger partial charge in [0.25, 0.3) is 0 Å². The molecule has 2 aliphatic heterocycles. The van der Waals surface area contributed by atoms with Crippen LogP contribution in [0.2, 0.25) is 0 Å². The summed E-state index contributed by atoms with van der Waals surface area (Å²) in [7, 11) is 1.69. The summed E-state index contributed by atoms with van der Waals surface area (Å²) in [6.07, 6.45) is 6.47. The first-order chi connectivity index (χ1) is 15.1. The molecule has 2 amide bonds. The molecule has 8 nitrogen and oxygen atoms in total. The number of hydrogen-bond donors (Lipinski definition) is 1. The molecule has 2 aliphatic rings. The second-order valence-electron chi connectivity index (χ2n) is 8.25. The summed E-state index contributed by atoms with van der Waals surface area (Å²) in [5.41, 5.74) is 0. The van der Waals surface area contributed by atoms with Crippen molar-refractivity contribution in [3.8, 4) is 5.75 Å². The van der Waals surface area contributed by atoms with Gasteiger partial charge in [0.15, 0.2) is 0 Å². The first-order valence-corrected chi connectivity index (χ1v) is 11.1. The van der Waals surface area contributed by atoms with E-state index in [1.807, 2.05) is 47.5 Å². The van der Waals surface area contributed by atoms with Crippen LogP contribution in [0.3, 0.4) is 0 Å². The van der Waals surface area contributed by atoms with E-state index in [1.165, 1.54) is 0 Å². The van der Waals surface area contributed by atoms with E-state index in [4.69, 9.17) is 4.74 Å². The first kappa shape index (κ1) is 21.4. The number of nitrogens with one attached hydrogen (secondary N) is 1. The largest absolute Gasteiger partial charge is 0.489 e. The van der Waals surface area contributed by atoms with Crippen LogP contribution in [0.15, 0.2) is 48.8 Å². The van der Waals surface area contributed by atoms with Crippen molar-refractivity contribution in [2.75, 3.05) is 26.7 Å². The van der Waals surface area contributed by atoms with Crippen LogP contribution in [0.5, 0.6) is 5.75 Å². The molecule has 1 aromatic carbocycles. The molecule has 8 heteroatoms. The Morgan fingerprint density at radius 3 is 2.61 bits per heavy atom. The topological polar surface area (TPSA) is 79.7 Å². The second-order valence-corrected chi connectivity index (χ2v) is 8.25. The number of likely N-dealkylation sites (tertiary alicyclic amines) is 2. The number of piperidine rings is 1. The van der Waals surface area contributed by atoms with Gasteiger partial charge in [0.2, 0.25) is 11.8 Å². The lowest BCUT2D eigenvalue weighted by molar-refractivity contribution is -0.134. The number of rotatable bonds is 7. The molecule has 3 heterocycles. The SMILES string of the molecule is CNC(=O)[C@@H]1C[C@H](Oc2ccccc2)CN1C1CCN(C(=O)CCn2cccn2)CC1. The number of amides is 2. The number of carbonyl (C=O) groups is 2. The van der Waals surface area contributed by atoms with Gasteiger partial charge in [-0.05, 0) is 31.0 Å². The number of aryl methyl sites for hydroxylation is 1. The molecule has 0 aliphatic carbocycles. The van der Waals surface area contributed by atoms with Crippen molar-refractivity contribution in [1.82, 2.24) is 24.9 Å². The Bertz CT molecular complexity index is 849. The molecule has 4 rings (SSSR count). The van der Waals surface area contributed by atoms with E-state index in [-0.39, 0.29) is 30.0 Å². The summed E-state index contributed by atoms with van der Waals surface area (Å²) in [4.78, 5) is 29.4. The fourth-order valence-corrected chi connectivity index (χ4v) is 4.67. The summed E-state index contributed by atoms with van der Waals surface area (Å²) >= 11 is 0. The van der Waals surface area contributed by atoms with Crippen LogP contribution in [-0.2, 0) is 16.1 Å². The number of carbonyl (C=O) groups excluding carboxylic acids is 2. The van der Waals surface area contributed by atoms with Crippen LogP contribution in [0.4, 0.5) is 0 Å². The summed E-state index contributed by atoms with van der Waals surface area (Å²) < 4.78 is 7.94. The van der Waals surface area contributed by atoms with Gasteiger partial charge in [0.1, 0.15) is 11.9 Å². The van der Waals surface area contributed by atoms with E-state index in [1.54, 1.807) is 17.9 Å². The average Bonchev–Trinajstić information content (AvgIpc) is 3.48. The van der Waals surface area contributed by atoms with Gasteiger partial charge >= 0.3 is 0 Å². The zero-order valence-electron chi connectivity index (χ0n) is 18.0. The molecular weight excluding hydrogens is 394 g/mol. The van der Waals surface area contributed by atoms with Gasteiger partial charge in [-0.15, -0.1) is 0 Å². The highest BCUT2D eigenvalue weighted by Gasteiger charge is 2.42. The van der Waals surface area contributed by atoms with E-state index in [2.05, 4.69) is 15.3 Å². The maximum Gasteiger partial charge on any atom is 0.237 e. The van der Waals surface area contributed by atoms with Gasteiger partial charge in [-0.25, -0.2) is 0 Å². The monoisotopic (exact) mass is 425 g/mol. The Morgan fingerprint density at radius 1 is 1.16 bits per heavy atom. The Morgan fingerprint density at radius 2 is 1.94 bits per heavy atom. The maximum absolute atomic E-state index is 12.6. The van der Waals surface area contributed by atoms with E-state index in [9.17, 15) is 9.59 Å². The van der Waals surface area contributed by atoms with Crippen molar-refractivity contribution < 1.29 is 14.3 Å². The summed E-state index contributed by atoms with van der Waals surface area (Å²) in [6.45, 7) is 2.79. The van der Waals surface area contributed by atoms with E-state index < -0.39 is 0 Å². The second kappa shape index (κ2) is 9.96. The third kappa shape index (κ3) is 5.25. The fourth-order valence-electron chi connectivity index (χ4n) is 4.67. The van der Waals surface area contributed by atoms with Crippen LogP contribution in [-0.4, -0.2) is 76.3 Å². The molecule has 2 fully saturated rings. The van der Waals surface area contributed by atoms with Crippen molar-refractivity contribution in [3.05, 3.63) is 48.8 Å². The number of benzene rings is 1. The van der Waals surface area contributed by atoms with Crippen LogP contribution in [0.25, 0.3) is 0 Å². The standard InChI is InChI=1S/C23H31N5O3/c1-24-23(30)21-16-20(31-19-6-3-2-4-7-19)17-28(21)18-8-13-26(14-9-18)22(29)10-15-27-12-5-11-25-27/h2-7,11-12,18,20-21H,8-10,13-17H2,1H3,(H,24,30)/t20-,21-/m0/s1. The molecular formula is C23H31N5O3. The number of para-hydroxylation sites is 1. The molecule has 2 atom stereocenters. The minimum atomic E-state index is -0.189. The number of likely N-dealkylation sites (N-methyl/N-ethyl adjacent to an activating group) is 1. The number of hydrogen-bond acceptors (Lipinski definition) is 5. The average molecular weight is 426 g/mol. The van der Waals surface area contributed by atoms with Crippen molar-refractivity contribution in [2.24, 2.45) is 0 Å². The van der Waals surface area contributed by atoms with Crippen LogP contribution in [0.1, 0.15) is 25.7 Å². The minimum absolute atomic E-state index is 0.0153. The minimum Gasteiger partial charge on any atom is -0.489 e. The van der Waals surface area contributed by atoms with Crippen LogP contribution < -0.4 is 10.1 Å². The molecule has 0 saturated carbocycles. The third-order valence-electron chi connectivity index (χ3n) is 6.30. The quantitative estimate of drug-likeness (QED) is 0.728. The van der Waals surface area contributed by atoms with Gasteiger partial charge in [0, 0.05) is 64.5 Å². The fraction of sp³-hybridized carbons (Fsp3) is 0.522. The highest BCUT2D eigenvalue weighted by Crippen LogP contribution is 2.29.